The molecule has 1 aromatic carbocycles. The molecular weight excluding hydrogens is 372 g/mol. The van der Waals surface area contributed by atoms with Gasteiger partial charge in [0.15, 0.2) is 5.82 Å². The average Bonchev–Trinajstić information content (AvgIpc) is 3.39. The predicted octanol–water partition coefficient (Wildman–Crippen LogP) is 3.85. The number of nitrogens with zero attached hydrogens (tertiary/aromatic N) is 3. The number of pyridine rings is 1. The van der Waals surface area contributed by atoms with Crippen LogP contribution in [0.25, 0.3) is 0 Å². The molecule has 3 heterocycles. The molecule has 1 amide bonds. The van der Waals surface area contributed by atoms with Gasteiger partial charge in [-0.2, -0.15) is 5.10 Å². The van der Waals surface area contributed by atoms with Gasteiger partial charge in [0.05, 0.1) is 23.9 Å². The summed E-state index contributed by atoms with van der Waals surface area (Å²) < 4.78 is 7.44. The van der Waals surface area contributed by atoms with Crippen LogP contribution in [-0.4, -0.2) is 39.1 Å². The summed E-state index contributed by atoms with van der Waals surface area (Å²) in [4.78, 5) is 18.0. The van der Waals surface area contributed by atoms with Gasteiger partial charge in [0.2, 0.25) is 0 Å². The summed E-state index contributed by atoms with van der Waals surface area (Å²) >= 11 is 1.67. The fourth-order valence-electron chi connectivity index (χ4n) is 3.10. The smallest absolute Gasteiger partial charge is 0.257 e. The minimum Gasteiger partial charge on any atom is -0.377 e. The second-order valence-electron chi connectivity index (χ2n) is 6.62. The molecule has 0 saturated carbocycles. The minimum atomic E-state index is -0.154. The van der Waals surface area contributed by atoms with Gasteiger partial charge >= 0.3 is 0 Å². The normalized spacial score (nSPS) is 16.2. The summed E-state index contributed by atoms with van der Waals surface area (Å²) in [6.45, 7) is 1.40. The molecule has 1 N–H and O–H groups in total. The number of ether oxygens (including phenoxy) is 1. The number of benzene rings is 1. The molecule has 0 radical (unpaired) electrons. The van der Waals surface area contributed by atoms with E-state index in [4.69, 9.17) is 4.74 Å². The standard InChI is InChI=1S/C21H22N4O2S/c26-21(18-8-1-2-9-19(18)28-15-17-7-5-13-27-17)23-20-10-12-25(24-20)14-16-6-3-4-11-22-16/h1-4,6,8-12,17H,5,7,13-15H2,(H,23,24,26). The second kappa shape index (κ2) is 9.03. The zero-order chi connectivity index (χ0) is 19.2. The molecule has 6 nitrogen and oxygen atoms in total. The molecule has 4 rings (SSSR count). The van der Waals surface area contributed by atoms with E-state index >= 15 is 0 Å². The first-order valence-electron chi connectivity index (χ1n) is 9.36. The monoisotopic (exact) mass is 394 g/mol. The quantitative estimate of drug-likeness (QED) is 0.617. The van der Waals surface area contributed by atoms with Crippen LogP contribution < -0.4 is 5.32 Å². The molecule has 1 aliphatic rings. The molecule has 2 aromatic heterocycles. The van der Waals surface area contributed by atoms with Gasteiger partial charge in [0.25, 0.3) is 5.91 Å². The van der Waals surface area contributed by atoms with Crippen molar-refractivity contribution in [2.24, 2.45) is 0 Å². The molecular formula is C21H22N4O2S. The van der Waals surface area contributed by atoms with Gasteiger partial charge in [0.1, 0.15) is 0 Å². The van der Waals surface area contributed by atoms with Crippen LogP contribution >= 0.6 is 11.8 Å². The predicted molar refractivity (Wildman–Crippen MR) is 110 cm³/mol. The Hall–Kier alpha value is -2.64. The first-order chi connectivity index (χ1) is 13.8. The molecule has 1 atom stereocenters. The van der Waals surface area contributed by atoms with Gasteiger partial charge in [-0.05, 0) is 37.1 Å². The Morgan fingerprint density at radius 3 is 2.93 bits per heavy atom. The van der Waals surface area contributed by atoms with Gasteiger partial charge in [-0.15, -0.1) is 11.8 Å². The highest BCUT2D eigenvalue weighted by Crippen LogP contribution is 2.27. The average molecular weight is 395 g/mol. The van der Waals surface area contributed by atoms with Gasteiger partial charge in [-0.25, -0.2) is 0 Å². The number of nitrogens with one attached hydrogen (secondary N) is 1. The fraction of sp³-hybridized carbons (Fsp3) is 0.286. The number of thioether (sulfide) groups is 1. The first kappa shape index (κ1) is 18.7. The third-order valence-corrected chi connectivity index (χ3v) is 5.72. The Balaban J connectivity index is 1.39. The number of amides is 1. The maximum atomic E-state index is 12.8. The van der Waals surface area contributed by atoms with Crippen molar-refractivity contribution in [2.75, 3.05) is 17.7 Å². The third-order valence-electron chi connectivity index (χ3n) is 4.51. The molecule has 7 heteroatoms. The lowest BCUT2D eigenvalue weighted by Crippen LogP contribution is -2.15. The van der Waals surface area contributed by atoms with Crippen LogP contribution in [0, 0.1) is 0 Å². The van der Waals surface area contributed by atoms with Gasteiger partial charge in [0, 0.05) is 35.7 Å². The summed E-state index contributed by atoms with van der Waals surface area (Å²) in [5, 5.41) is 7.32. The van der Waals surface area contributed by atoms with Crippen molar-refractivity contribution < 1.29 is 9.53 Å². The molecule has 3 aromatic rings. The largest absolute Gasteiger partial charge is 0.377 e. The highest BCUT2D eigenvalue weighted by molar-refractivity contribution is 7.99. The van der Waals surface area contributed by atoms with Crippen molar-refractivity contribution in [1.82, 2.24) is 14.8 Å². The maximum Gasteiger partial charge on any atom is 0.257 e. The summed E-state index contributed by atoms with van der Waals surface area (Å²) in [5.41, 5.74) is 1.57. The van der Waals surface area contributed by atoms with Crippen LogP contribution in [0.2, 0.25) is 0 Å². The van der Waals surface area contributed by atoms with Gasteiger partial charge < -0.3 is 10.1 Å². The van der Waals surface area contributed by atoms with Crippen LogP contribution in [0.15, 0.2) is 65.8 Å². The third kappa shape index (κ3) is 4.79. The van der Waals surface area contributed by atoms with E-state index in [1.54, 1.807) is 28.7 Å². The lowest BCUT2D eigenvalue weighted by atomic mass is 10.2. The highest BCUT2D eigenvalue weighted by Gasteiger charge is 2.18. The number of aromatic nitrogens is 3. The first-order valence-corrected chi connectivity index (χ1v) is 10.3. The van der Waals surface area contributed by atoms with Crippen molar-refractivity contribution in [3.05, 3.63) is 72.2 Å². The van der Waals surface area contributed by atoms with E-state index in [2.05, 4.69) is 15.4 Å². The zero-order valence-corrected chi connectivity index (χ0v) is 16.3. The van der Waals surface area contributed by atoms with Crippen LogP contribution in [0.1, 0.15) is 28.9 Å². The van der Waals surface area contributed by atoms with Crippen LogP contribution in [0.4, 0.5) is 5.82 Å². The Morgan fingerprint density at radius 2 is 2.11 bits per heavy atom. The Bertz CT molecular complexity index is 923. The summed E-state index contributed by atoms with van der Waals surface area (Å²) in [7, 11) is 0. The number of rotatable bonds is 7. The van der Waals surface area contributed by atoms with Crippen molar-refractivity contribution in [1.29, 1.82) is 0 Å². The second-order valence-corrected chi connectivity index (χ2v) is 7.68. The van der Waals surface area contributed by atoms with E-state index < -0.39 is 0 Å². The van der Waals surface area contributed by atoms with Crippen LogP contribution in [-0.2, 0) is 11.3 Å². The van der Waals surface area contributed by atoms with Crippen LogP contribution in [0.5, 0.6) is 0 Å². The van der Waals surface area contributed by atoms with Gasteiger partial charge in [-0.1, -0.05) is 18.2 Å². The number of carbonyl (C=O) groups excluding carboxylic acids is 1. The van der Waals surface area contributed by atoms with E-state index in [0.29, 0.717) is 17.9 Å². The Morgan fingerprint density at radius 1 is 1.21 bits per heavy atom. The lowest BCUT2D eigenvalue weighted by molar-refractivity contribution is 0.102. The highest BCUT2D eigenvalue weighted by atomic mass is 32.2. The van der Waals surface area contributed by atoms with E-state index in [1.807, 2.05) is 48.7 Å². The Kier molecular flexibility index (Phi) is 6.04. The molecule has 0 spiro atoms. The molecule has 1 aliphatic heterocycles. The van der Waals surface area contributed by atoms with E-state index in [-0.39, 0.29) is 12.0 Å². The SMILES string of the molecule is O=C(Nc1ccn(Cc2ccccn2)n1)c1ccccc1SCC1CCCO1. The topological polar surface area (TPSA) is 69.0 Å². The van der Waals surface area contributed by atoms with Crippen molar-refractivity contribution in [3.63, 3.8) is 0 Å². The molecule has 1 saturated heterocycles. The van der Waals surface area contributed by atoms with Gasteiger partial charge in [-0.3, -0.25) is 14.5 Å². The molecule has 0 bridgehead atoms. The van der Waals surface area contributed by atoms with E-state index in [1.165, 1.54) is 0 Å². The molecule has 144 valence electrons. The van der Waals surface area contributed by atoms with Crippen molar-refractivity contribution in [2.45, 2.75) is 30.4 Å². The fourth-order valence-corrected chi connectivity index (χ4v) is 4.22. The van der Waals surface area contributed by atoms with E-state index in [9.17, 15) is 4.79 Å². The van der Waals surface area contributed by atoms with Crippen molar-refractivity contribution in [3.8, 4) is 0 Å². The summed E-state index contributed by atoms with van der Waals surface area (Å²) in [5.74, 6) is 1.24. The number of anilines is 1. The lowest BCUT2D eigenvalue weighted by Gasteiger charge is -2.11. The molecule has 28 heavy (non-hydrogen) atoms. The molecule has 1 fully saturated rings. The van der Waals surface area contributed by atoms with Crippen LogP contribution in [0.3, 0.4) is 0 Å². The summed E-state index contributed by atoms with van der Waals surface area (Å²) in [6.07, 6.45) is 6.09. The number of carbonyl (C=O) groups is 1. The maximum absolute atomic E-state index is 12.8. The number of hydrogen-bond donors (Lipinski definition) is 1. The summed E-state index contributed by atoms with van der Waals surface area (Å²) in [6, 6.07) is 15.2. The van der Waals surface area contributed by atoms with E-state index in [0.717, 1.165) is 35.8 Å². The Labute approximate surface area is 168 Å². The minimum absolute atomic E-state index is 0.154. The molecule has 1 unspecified atom stereocenters. The molecule has 0 aliphatic carbocycles. The van der Waals surface area contributed by atoms with Crippen molar-refractivity contribution >= 4 is 23.5 Å². The number of hydrogen-bond acceptors (Lipinski definition) is 5. The zero-order valence-electron chi connectivity index (χ0n) is 15.5.